The molecule has 0 aromatic heterocycles. The molecule has 0 bridgehead atoms. The van der Waals surface area contributed by atoms with Crippen LogP contribution in [0.15, 0.2) is 30.3 Å². The fourth-order valence-electron chi connectivity index (χ4n) is 2.45. The molecule has 20 heavy (non-hydrogen) atoms. The SMILES string of the molecule is CCNC(C#N)(CN1C(=O)CCC1=O)c1ccccc1. The maximum Gasteiger partial charge on any atom is 0.229 e. The minimum absolute atomic E-state index is 0.0546. The Kier molecular flexibility index (Phi) is 4.16. The molecule has 5 nitrogen and oxygen atoms in total. The Morgan fingerprint density at radius 1 is 1.25 bits per heavy atom. The van der Waals surface area contributed by atoms with E-state index in [1.165, 1.54) is 4.90 Å². The van der Waals surface area contributed by atoms with Crippen LogP contribution in [0.5, 0.6) is 0 Å². The van der Waals surface area contributed by atoms with Crippen LogP contribution < -0.4 is 5.32 Å². The third-order valence-corrected chi connectivity index (χ3v) is 3.49. The lowest BCUT2D eigenvalue weighted by Gasteiger charge is -2.31. The van der Waals surface area contributed by atoms with Crippen molar-refractivity contribution in [2.24, 2.45) is 0 Å². The zero-order valence-electron chi connectivity index (χ0n) is 11.4. The highest BCUT2D eigenvalue weighted by Gasteiger charge is 2.39. The molecule has 1 unspecified atom stereocenters. The normalized spacial score (nSPS) is 17.9. The van der Waals surface area contributed by atoms with E-state index in [0.717, 1.165) is 5.56 Å². The number of hydrogen-bond acceptors (Lipinski definition) is 4. The van der Waals surface area contributed by atoms with Crippen molar-refractivity contribution in [3.8, 4) is 6.07 Å². The summed E-state index contributed by atoms with van der Waals surface area (Å²) in [5, 5.41) is 12.8. The topological polar surface area (TPSA) is 73.2 Å². The van der Waals surface area contributed by atoms with E-state index in [4.69, 9.17) is 0 Å². The van der Waals surface area contributed by atoms with Gasteiger partial charge in [0.2, 0.25) is 11.8 Å². The van der Waals surface area contributed by atoms with Crippen LogP contribution in [-0.2, 0) is 15.1 Å². The smallest absolute Gasteiger partial charge is 0.229 e. The number of amides is 2. The van der Waals surface area contributed by atoms with Crippen LogP contribution in [0.1, 0.15) is 25.3 Å². The van der Waals surface area contributed by atoms with E-state index in [2.05, 4.69) is 11.4 Å². The van der Waals surface area contributed by atoms with Crippen LogP contribution in [0.3, 0.4) is 0 Å². The molecule has 1 fully saturated rings. The summed E-state index contributed by atoms with van der Waals surface area (Å²) in [6.07, 6.45) is 0.475. The van der Waals surface area contributed by atoms with Gasteiger partial charge in [0, 0.05) is 12.8 Å². The number of likely N-dealkylation sites (N-methyl/N-ethyl adjacent to an activating group) is 1. The zero-order chi connectivity index (χ0) is 14.6. The summed E-state index contributed by atoms with van der Waals surface area (Å²) in [4.78, 5) is 24.8. The molecule has 1 N–H and O–H groups in total. The van der Waals surface area contributed by atoms with Crippen molar-refractivity contribution in [2.45, 2.75) is 25.3 Å². The van der Waals surface area contributed by atoms with Gasteiger partial charge in [0.05, 0.1) is 12.6 Å². The first-order valence-corrected chi connectivity index (χ1v) is 6.68. The molecular formula is C15H17N3O2. The Labute approximate surface area is 118 Å². The Bertz CT molecular complexity index is 534. The van der Waals surface area contributed by atoms with Crippen LogP contribution in [0, 0.1) is 11.3 Å². The van der Waals surface area contributed by atoms with Crippen LogP contribution in [0.2, 0.25) is 0 Å². The first-order valence-electron chi connectivity index (χ1n) is 6.68. The standard InChI is InChI=1S/C15H17N3O2/c1-2-17-15(10-16,12-6-4-3-5-7-12)11-18-13(19)8-9-14(18)20/h3-7,17H,2,8-9,11H2,1H3. The molecule has 0 aliphatic carbocycles. The van der Waals surface area contributed by atoms with E-state index in [1.807, 2.05) is 37.3 Å². The van der Waals surface area contributed by atoms with Gasteiger partial charge in [-0.15, -0.1) is 0 Å². The Hall–Kier alpha value is -2.19. The van der Waals surface area contributed by atoms with Crippen molar-refractivity contribution in [3.63, 3.8) is 0 Å². The molecule has 1 atom stereocenters. The number of nitrogens with one attached hydrogen (secondary N) is 1. The molecule has 1 saturated heterocycles. The lowest BCUT2D eigenvalue weighted by Crippen LogP contribution is -2.51. The van der Waals surface area contributed by atoms with Gasteiger partial charge in [-0.25, -0.2) is 0 Å². The monoisotopic (exact) mass is 271 g/mol. The number of hydrogen-bond donors (Lipinski definition) is 1. The number of likely N-dealkylation sites (tertiary alicyclic amines) is 1. The molecule has 104 valence electrons. The van der Waals surface area contributed by atoms with Crippen molar-refractivity contribution in [1.29, 1.82) is 5.26 Å². The first-order chi connectivity index (χ1) is 9.63. The summed E-state index contributed by atoms with van der Waals surface area (Å²) in [5.41, 5.74) is -0.289. The van der Waals surface area contributed by atoms with E-state index < -0.39 is 5.54 Å². The van der Waals surface area contributed by atoms with E-state index in [-0.39, 0.29) is 31.2 Å². The molecular weight excluding hydrogens is 254 g/mol. The summed E-state index contributed by atoms with van der Waals surface area (Å²) in [6, 6.07) is 11.4. The summed E-state index contributed by atoms with van der Waals surface area (Å²) in [7, 11) is 0. The number of benzene rings is 1. The molecule has 2 rings (SSSR count). The maximum absolute atomic E-state index is 11.8. The number of imide groups is 1. The number of nitriles is 1. The van der Waals surface area contributed by atoms with Crippen LogP contribution in [0.25, 0.3) is 0 Å². The van der Waals surface area contributed by atoms with Crippen molar-refractivity contribution in [1.82, 2.24) is 10.2 Å². The second kappa shape index (κ2) is 5.85. The first kappa shape index (κ1) is 14.2. The van der Waals surface area contributed by atoms with E-state index in [0.29, 0.717) is 6.54 Å². The Morgan fingerprint density at radius 3 is 2.35 bits per heavy atom. The number of rotatable bonds is 5. The lowest BCUT2D eigenvalue weighted by atomic mass is 9.90. The summed E-state index contributed by atoms with van der Waals surface area (Å²) in [6.45, 7) is 2.51. The molecule has 1 aromatic carbocycles. The molecule has 5 heteroatoms. The van der Waals surface area contributed by atoms with Gasteiger partial charge in [0.15, 0.2) is 5.54 Å². The second-order valence-corrected chi connectivity index (χ2v) is 4.79. The summed E-state index contributed by atoms with van der Waals surface area (Å²) in [5.74, 6) is -0.410. The molecule has 1 heterocycles. The number of carbonyl (C=O) groups is 2. The van der Waals surface area contributed by atoms with E-state index in [1.54, 1.807) is 0 Å². The van der Waals surface area contributed by atoms with Crippen LogP contribution in [-0.4, -0.2) is 29.8 Å². The average Bonchev–Trinajstić information content (AvgIpc) is 2.79. The quantitative estimate of drug-likeness (QED) is 0.816. The van der Waals surface area contributed by atoms with Gasteiger partial charge >= 0.3 is 0 Å². The number of nitrogens with zero attached hydrogens (tertiary/aromatic N) is 2. The van der Waals surface area contributed by atoms with Crippen molar-refractivity contribution >= 4 is 11.8 Å². The molecule has 2 amide bonds. The molecule has 0 saturated carbocycles. The highest BCUT2D eigenvalue weighted by molar-refractivity contribution is 6.02. The highest BCUT2D eigenvalue weighted by Crippen LogP contribution is 2.25. The minimum atomic E-state index is -1.05. The molecule has 1 aliphatic rings. The molecule has 0 spiro atoms. The van der Waals surface area contributed by atoms with Gasteiger partial charge in [-0.3, -0.25) is 19.8 Å². The second-order valence-electron chi connectivity index (χ2n) is 4.79. The fraction of sp³-hybridized carbons (Fsp3) is 0.400. The van der Waals surface area contributed by atoms with Crippen LogP contribution in [0.4, 0.5) is 0 Å². The van der Waals surface area contributed by atoms with E-state index >= 15 is 0 Å². The minimum Gasteiger partial charge on any atom is -0.294 e. The summed E-state index contributed by atoms with van der Waals surface area (Å²) >= 11 is 0. The zero-order valence-corrected chi connectivity index (χ0v) is 11.4. The number of carbonyl (C=O) groups excluding carboxylic acids is 2. The van der Waals surface area contributed by atoms with Gasteiger partial charge in [0.25, 0.3) is 0 Å². The predicted octanol–water partition coefficient (Wildman–Crippen LogP) is 1.16. The molecule has 0 radical (unpaired) electrons. The van der Waals surface area contributed by atoms with Crippen molar-refractivity contribution < 1.29 is 9.59 Å². The van der Waals surface area contributed by atoms with Crippen molar-refractivity contribution in [3.05, 3.63) is 35.9 Å². The average molecular weight is 271 g/mol. The summed E-state index contributed by atoms with van der Waals surface area (Å²) < 4.78 is 0. The van der Waals surface area contributed by atoms with Crippen molar-refractivity contribution in [2.75, 3.05) is 13.1 Å². The predicted molar refractivity (Wildman–Crippen MR) is 73.4 cm³/mol. The third-order valence-electron chi connectivity index (χ3n) is 3.49. The van der Waals surface area contributed by atoms with Gasteiger partial charge in [-0.1, -0.05) is 37.3 Å². The fourth-order valence-corrected chi connectivity index (χ4v) is 2.45. The maximum atomic E-state index is 11.8. The molecule has 1 aromatic rings. The lowest BCUT2D eigenvalue weighted by molar-refractivity contribution is -0.139. The van der Waals surface area contributed by atoms with Crippen LogP contribution >= 0.6 is 0 Å². The Balaban J connectivity index is 2.35. The van der Waals surface area contributed by atoms with Gasteiger partial charge in [-0.2, -0.15) is 5.26 Å². The largest absolute Gasteiger partial charge is 0.294 e. The third kappa shape index (κ3) is 2.56. The van der Waals surface area contributed by atoms with E-state index in [9.17, 15) is 14.9 Å². The molecule has 1 aliphatic heterocycles. The van der Waals surface area contributed by atoms with Gasteiger partial charge in [0.1, 0.15) is 0 Å². The van der Waals surface area contributed by atoms with Gasteiger partial charge < -0.3 is 0 Å². The van der Waals surface area contributed by atoms with Gasteiger partial charge in [-0.05, 0) is 12.1 Å². The Morgan fingerprint density at radius 2 is 1.85 bits per heavy atom. The highest BCUT2D eigenvalue weighted by atomic mass is 16.2.